The van der Waals surface area contributed by atoms with E-state index in [0.29, 0.717) is 12.1 Å². The second-order valence-electron chi connectivity index (χ2n) is 5.41. The smallest absolute Gasteiger partial charge is 0.279 e. The number of halogens is 3. The Morgan fingerprint density at radius 1 is 1.11 bits per heavy atom. The third-order valence-corrected chi connectivity index (χ3v) is 5.41. The zero-order valence-electron chi connectivity index (χ0n) is 13.6. The maximum atomic E-state index is 13.9. The number of rotatable bonds is 4. The molecule has 0 spiro atoms. The average molecular weight is 423 g/mol. The highest BCUT2D eigenvalue weighted by Crippen LogP contribution is 2.27. The van der Waals surface area contributed by atoms with Crippen LogP contribution in [0.15, 0.2) is 40.0 Å². The minimum Gasteiger partial charge on any atom is -0.492 e. The van der Waals surface area contributed by atoms with Gasteiger partial charge in [-0.15, -0.1) is 11.3 Å². The number of hydrogen-bond donors (Lipinski definition) is 1. The molecular formula is C16H8F3N5O2S2. The van der Waals surface area contributed by atoms with Crippen LogP contribution in [0.25, 0.3) is 16.2 Å². The van der Waals surface area contributed by atoms with E-state index in [2.05, 4.69) is 19.9 Å². The van der Waals surface area contributed by atoms with E-state index in [4.69, 9.17) is 0 Å². The fourth-order valence-electron chi connectivity index (χ4n) is 2.37. The van der Waals surface area contributed by atoms with Crippen molar-refractivity contribution in [2.45, 2.75) is 10.9 Å². The molecule has 12 heteroatoms. The standard InChI is InChI=1S/C16H8F3N5O2S2/c17-7-1-9(18)8(10(19)2-7)5-27-16-23-14-13(28-6-22-14)15(26)24(16)11-3-21-12(25)4-20-11/h1-4,6H,5H2,(H,21,25). The van der Waals surface area contributed by atoms with E-state index in [-0.39, 0.29) is 38.5 Å². The third kappa shape index (κ3) is 3.31. The average Bonchev–Trinajstić information content (AvgIpc) is 3.11. The molecule has 0 atom stereocenters. The Balaban J connectivity index is 1.81. The van der Waals surface area contributed by atoms with E-state index in [1.165, 1.54) is 5.51 Å². The van der Waals surface area contributed by atoms with Gasteiger partial charge in [0, 0.05) is 23.4 Å². The van der Waals surface area contributed by atoms with Crippen molar-refractivity contribution in [1.29, 1.82) is 0 Å². The van der Waals surface area contributed by atoms with Crippen molar-refractivity contribution < 1.29 is 18.3 Å². The van der Waals surface area contributed by atoms with Crippen LogP contribution in [0.4, 0.5) is 13.2 Å². The van der Waals surface area contributed by atoms with Crippen molar-refractivity contribution in [2.75, 3.05) is 0 Å². The van der Waals surface area contributed by atoms with Crippen LogP contribution in [0.3, 0.4) is 0 Å². The Labute approximate surface area is 162 Å². The minimum atomic E-state index is -1.04. The lowest BCUT2D eigenvalue weighted by Gasteiger charge is -2.11. The van der Waals surface area contributed by atoms with E-state index in [1.54, 1.807) is 0 Å². The Morgan fingerprint density at radius 3 is 2.54 bits per heavy atom. The normalized spacial score (nSPS) is 11.2. The van der Waals surface area contributed by atoms with Gasteiger partial charge >= 0.3 is 0 Å². The van der Waals surface area contributed by atoms with Gasteiger partial charge in [0.2, 0.25) is 5.88 Å². The van der Waals surface area contributed by atoms with Gasteiger partial charge < -0.3 is 5.11 Å². The van der Waals surface area contributed by atoms with E-state index in [0.717, 1.165) is 40.1 Å². The maximum Gasteiger partial charge on any atom is 0.279 e. The Hall–Kier alpha value is -2.99. The van der Waals surface area contributed by atoms with Gasteiger partial charge in [-0.25, -0.2) is 37.7 Å². The summed E-state index contributed by atoms with van der Waals surface area (Å²) < 4.78 is 42.3. The van der Waals surface area contributed by atoms with Crippen LogP contribution >= 0.6 is 23.1 Å². The van der Waals surface area contributed by atoms with Gasteiger partial charge in [-0.2, -0.15) is 0 Å². The second kappa shape index (κ2) is 7.20. The lowest BCUT2D eigenvalue weighted by Crippen LogP contribution is -2.22. The number of nitrogens with zero attached hydrogens (tertiary/aromatic N) is 5. The van der Waals surface area contributed by atoms with Crippen LogP contribution < -0.4 is 5.56 Å². The predicted octanol–water partition coefficient (Wildman–Crippen LogP) is 3.05. The van der Waals surface area contributed by atoms with Gasteiger partial charge in [0.25, 0.3) is 5.56 Å². The number of hydrogen-bond acceptors (Lipinski definition) is 8. The summed E-state index contributed by atoms with van der Waals surface area (Å²) in [6.45, 7) is 0. The van der Waals surface area contributed by atoms with Gasteiger partial charge in [-0.1, -0.05) is 11.8 Å². The van der Waals surface area contributed by atoms with Gasteiger partial charge in [0.15, 0.2) is 16.6 Å². The summed E-state index contributed by atoms with van der Waals surface area (Å²) >= 11 is 1.93. The number of aromatic nitrogens is 5. The van der Waals surface area contributed by atoms with E-state index in [1.807, 2.05) is 0 Å². The van der Waals surface area contributed by atoms with E-state index >= 15 is 0 Å². The van der Waals surface area contributed by atoms with Crippen LogP contribution in [0, 0.1) is 17.5 Å². The summed E-state index contributed by atoms with van der Waals surface area (Å²) in [4.78, 5) is 28.7. The molecule has 1 N–H and O–H groups in total. The molecule has 0 amide bonds. The lowest BCUT2D eigenvalue weighted by molar-refractivity contribution is 0.449. The van der Waals surface area contributed by atoms with Crippen molar-refractivity contribution in [2.24, 2.45) is 0 Å². The van der Waals surface area contributed by atoms with Gasteiger partial charge in [-0.05, 0) is 0 Å². The molecule has 4 aromatic rings. The molecule has 0 aliphatic rings. The zero-order chi connectivity index (χ0) is 19.8. The highest BCUT2D eigenvalue weighted by atomic mass is 32.2. The van der Waals surface area contributed by atoms with Crippen LogP contribution in [0.1, 0.15) is 5.56 Å². The number of thioether (sulfide) groups is 1. The summed E-state index contributed by atoms with van der Waals surface area (Å²) in [6, 6.07) is 1.16. The Bertz CT molecular complexity index is 1220. The van der Waals surface area contributed by atoms with E-state index in [9.17, 15) is 23.1 Å². The lowest BCUT2D eigenvalue weighted by atomic mass is 10.2. The monoisotopic (exact) mass is 423 g/mol. The van der Waals surface area contributed by atoms with Gasteiger partial charge in [0.1, 0.15) is 22.2 Å². The van der Waals surface area contributed by atoms with Gasteiger partial charge in [0.05, 0.1) is 17.9 Å². The molecule has 3 heterocycles. The van der Waals surface area contributed by atoms with Crippen LogP contribution in [-0.2, 0) is 5.75 Å². The molecule has 0 saturated heterocycles. The summed E-state index contributed by atoms with van der Waals surface area (Å²) in [6.07, 6.45) is 2.21. The largest absolute Gasteiger partial charge is 0.492 e. The second-order valence-corrected chi connectivity index (χ2v) is 7.21. The SMILES string of the molecule is O=c1c2scnc2nc(SCc2c(F)cc(F)cc2F)n1-c1cnc(O)cn1. The number of aromatic hydroxyl groups is 1. The highest BCUT2D eigenvalue weighted by molar-refractivity contribution is 7.98. The number of fused-ring (bicyclic) bond motifs is 1. The van der Waals surface area contributed by atoms with Crippen molar-refractivity contribution in [3.63, 3.8) is 0 Å². The van der Waals surface area contributed by atoms with Crippen molar-refractivity contribution >= 4 is 33.4 Å². The summed E-state index contributed by atoms with van der Waals surface area (Å²) in [5.41, 5.74) is 0.776. The summed E-state index contributed by atoms with van der Waals surface area (Å²) in [7, 11) is 0. The first-order valence-electron chi connectivity index (χ1n) is 7.58. The molecule has 1 aromatic carbocycles. The molecule has 7 nitrogen and oxygen atoms in total. The third-order valence-electron chi connectivity index (χ3n) is 3.64. The molecule has 3 aromatic heterocycles. The molecule has 0 aliphatic carbocycles. The van der Waals surface area contributed by atoms with Crippen molar-refractivity contribution in [1.82, 2.24) is 24.5 Å². The maximum absolute atomic E-state index is 13.9. The molecular weight excluding hydrogens is 415 g/mol. The molecule has 0 aliphatic heterocycles. The predicted molar refractivity (Wildman–Crippen MR) is 96.1 cm³/mol. The molecule has 4 rings (SSSR count). The fraction of sp³-hybridized carbons (Fsp3) is 0.0625. The van der Waals surface area contributed by atoms with Crippen molar-refractivity contribution in [3.8, 4) is 11.7 Å². The quantitative estimate of drug-likeness (QED) is 0.398. The Kier molecular flexibility index (Phi) is 4.73. The molecule has 0 unspecified atom stereocenters. The minimum absolute atomic E-state index is 0.0616. The van der Waals surface area contributed by atoms with E-state index < -0.39 is 23.0 Å². The Morgan fingerprint density at radius 2 is 1.86 bits per heavy atom. The van der Waals surface area contributed by atoms with Gasteiger partial charge in [-0.3, -0.25) is 4.79 Å². The fourth-order valence-corrected chi connectivity index (χ4v) is 4.03. The highest BCUT2D eigenvalue weighted by Gasteiger charge is 2.19. The molecule has 0 saturated carbocycles. The van der Waals surface area contributed by atoms with Crippen molar-refractivity contribution in [3.05, 3.63) is 63.4 Å². The first-order valence-corrected chi connectivity index (χ1v) is 9.44. The summed E-state index contributed by atoms with van der Waals surface area (Å²) in [5, 5.41) is 9.37. The molecule has 28 heavy (non-hydrogen) atoms. The molecule has 142 valence electrons. The molecule has 0 bridgehead atoms. The zero-order valence-corrected chi connectivity index (χ0v) is 15.3. The van der Waals surface area contributed by atoms with Crippen LogP contribution in [-0.4, -0.2) is 29.6 Å². The molecule has 0 radical (unpaired) electrons. The van der Waals surface area contributed by atoms with Crippen LogP contribution in [0.2, 0.25) is 0 Å². The number of thiazole rings is 1. The van der Waals surface area contributed by atoms with Crippen LogP contribution in [0.5, 0.6) is 5.88 Å². The topological polar surface area (TPSA) is 93.8 Å². The first kappa shape index (κ1) is 18.4. The summed E-state index contributed by atoms with van der Waals surface area (Å²) in [5.74, 6) is -3.65. The first-order chi connectivity index (χ1) is 13.4. The number of benzene rings is 1. The molecule has 0 fully saturated rings.